The van der Waals surface area contributed by atoms with Gasteiger partial charge in [-0.25, -0.2) is 8.42 Å². The van der Waals surface area contributed by atoms with Gasteiger partial charge in [-0.1, -0.05) is 48.0 Å². The molecule has 0 radical (unpaired) electrons. The van der Waals surface area contributed by atoms with Gasteiger partial charge in [0, 0.05) is 0 Å². The molecule has 0 aliphatic carbocycles. The number of sulfonamides is 1. The summed E-state index contributed by atoms with van der Waals surface area (Å²) in [5.41, 5.74) is 1.78. The van der Waals surface area contributed by atoms with E-state index in [1.807, 2.05) is 32.0 Å². The quantitative estimate of drug-likeness (QED) is 0.279. The van der Waals surface area contributed by atoms with Gasteiger partial charge >= 0.3 is 0 Å². The maximum Gasteiger partial charge on any atom is 0.264 e. The fraction of sp³-hybridized carbons (Fsp3) is 0.138. The summed E-state index contributed by atoms with van der Waals surface area (Å²) < 4.78 is 39.8. The lowest BCUT2D eigenvalue weighted by Gasteiger charge is -2.24. The number of aryl methyl sites for hydroxylation is 1. The Bertz CT molecular complexity index is 1440. The van der Waals surface area contributed by atoms with Crippen molar-refractivity contribution in [3.63, 3.8) is 0 Å². The predicted octanol–water partition coefficient (Wildman–Crippen LogP) is 6.02. The lowest BCUT2D eigenvalue weighted by molar-refractivity contribution is -0.114. The molecule has 1 N–H and O–H groups in total. The molecule has 0 aliphatic rings. The molecule has 4 aromatic rings. The molecule has 37 heavy (non-hydrogen) atoms. The molecule has 1 amide bonds. The van der Waals surface area contributed by atoms with Gasteiger partial charge in [0.1, 0.15) is 18.0 Å². The molecular weight excluding hydrogens is 488 g/mol. The van der Waals surface area contributed by atoms with Crippen molar-refractivity contribution in [2.45, 2.75) is 18.7 Å². The molecule has 4 rings (SSSR count). The van der Waals surface area contributed by atoms with E-state index in [4.69, 9.17) is 9.47 Å². The Labute approximate surface area is 217 Å². The zero-order valence-electron chi connectivity index (χ0n) is 20.6. The number of carbonyl (C=O) groups is 1. The summed E-state index contributed by atoms with van der Waals surface area (Å²) in [6.07, 6.45) is 0. The van der Waals surface area contributed by atoms with Crippen LogP contribution in [-0.2, 0) is 14.8 Å². The summed E-state index contributed by atoms with van der Waals surface area (Å²) in [5, 5.41) is 2.80. The van der Waals surface area contributed by atoms with Gasteiger partial charge in [-0.05, 0) is 74.5 Å². The van der Waals surface area contributed by atoms with E-state index < -0.39 is 22.5 Å². The summed E-state index contributed by atoms with van der Waals surface area (Å²) in [6, 6.07) is 29.3. The van der Waals surface area contributed by atoms with Crippen molar-refractivity contribution in [1.29, 1.82) is 0 Å². The van der Waals surface area contributed by atoms with Gasteiger partial charge in [0.05, 0.1) is 22.9 Å². The molecule has 0 saturated carbocycles. The van der Waals surface area contributed by atoms with Gasteiger partial charge in [-0.15, -0.1) is 0 Å². The Morgan fingerprint density at radius 2 is 1.46 bits per heavy atom. The lowest BCUT2D eigenvalue weighted by atomic mass is 10.2. The van der Waals surface area contributed by atoms with Crippen molar-refractivity contribution >= 4 is 27.3 Å². The molecule has 0 atom stereocenters. The molecule has 0 fully saturated rings. The van der Waals surface area contributed by atoms with Crippen molar-refractivity contribution in [1.82, 2.24) is 0 Å². The van der Waals surface area contributed by atoms with Gasteiger partial charge in [0.15, 0.2) is 5.75 Å². The molecular formula is C29H28N2O5S. The van der Waals surface area contributed by atoms with E-state index in [-0.39, 0.29) is 4.90 Å². The maximum atomic E-state index is 13.7. The summed E-state index contributed by atoms with van der Waals surface area (Å²) in [7, 11) is -4.06. The molecule has 4 aromatic carbocycles. The first kappa shape index (κ1) is 25.8. The minimum atomic E-state index is -4.06. The minimum Gasteiger partial charge on any atom is -0.494 e. The first-order valence-corrected chi connectivity index (χ1v) is 13.2. The number of ether oxygens (including phenoxy) is 2. The van der Waals surface area contributed by atoms with Crippen LogP contribution >= 0.6 is 0 Å². The number of hydrogen-bond acceptors (Lipinski definition) is 5. The summed E-state index contributed by atoms with van der Waals surface area (Å²) in [4.78, 5) is 13.2. The molecule has 8 heteroatoms. The molecule has 0 unspecified atom stereocenters. The third-order valence-corrected chi connectivity index (χ3v) is 7.25. The van der Waals surface area contributed by atoms with E-state index in [1.54, 1.807) is 72.8 Å². The zero-order chi connectivity index (χ0) is 26.3. The van der Waals surface area contributed by atoms with E-state index >= 15 is 0 Å². The second kappa shape index (κ2) is 11.6. The number of benzene rings is 4. The second-order valence-corrected chi connectivity index (χ2v) is 10.1. The lowest BCUT2D eigenvalue weighted by Crippen LogP contribution is -2.38. The molecule has 0 spiro atoms. The largest absolute Gasteiger partial charge is 0.494 e. The number of nitrogens with one attached hydrogen (secondary N) is 1. The van der Waals surface area contributed by atoms with Gasteiger partial charge in [-0.2, -0.15) is 0 Å². The number of anilines is 2. The van der Waals surface area contributed by atoms with Crippen LogP contribution in [0.5, 0.6) is 17.2 Å². The van der Waals surface area contributed by atoms with Crippen molar-refractivity contribution < 1.29 is 22.7 Å². The normalized spacial score (nSPS) is 11.0. The van der Waals surface area contributed by atoms with Gasteiger partial charge in [0.25, 0.3) is 10.0 Å². The van der Waals surface area contributed by atoms with Crippen LogP contribution in [0.4, 0.5) is 11.4 Å². The Hall–Kier alpha value is -4.30. The van der Waals surface area contributed by atoms with Crippen LogP contribution in [0.2, 0.25) is 0 Å². The molecule has 0 bridgehead atoms. The standard InChI is InChI=1S/C29H28N2O5S/c1-3-35-24-17-19-26(20-18-24)37(33,34)31(23-15-13-22(2)14-16-23)21-29(32)30-27-11-7-8-12-28(27)36-25-9-5-4-6-10-25/h4-20H,3,21H2,1-2H3,(H,30,32). The van der Waals surface area contributed by atoms with Crippen molar-refractivity contribution in [3.05, 3.63) is 109 Å². The Balaban J connectivity index is 1.60. The molecule has 0 heterocycles. The maximum absolute atomic E-state index is 13.7. The van der Waals surface area contributed by atoms with Crippen LogP contribution in [0.3, 0.4) is 0 Å². The zero-order valence-corrected chi connectivity index (χ0v) is 21.4. The van der Waals surface area contributed by atoms with Crippen LogP contribution in [0, 0.1) is 6.92 Å². The Morgan fingerprint density at radius 3 is 2.14 bits per heavy atom. The van der Waals surface area contributed by atoms with E-state index in [0.717, 1.165) is 9.87 Å². The van der Waals surface area contributed by atoms with Crippen LogP contribution in [-0.4, -0.2) is 27.5 Å². The number of para-hydroxylation sites is 3. The average Bonchev–Trinajstić information content (AvgIpc) is 2.90. The summed E-state index contributed by atoms with van der Waals surface area (Å²) >= 11 is 0. The number of hydrogen-bond donors (Lipinski definition) is 1. The average molecular weight is 517 g/mol. The first-order chi connectivity index (χ1) is 17.9. The number of rotatable bonds is 10. The monoisotopic (exact) mass is 516 g/mol. The summed E-state index contributed by atoms with van der Waals surface area (Å²) in [6.45, 7) is 3.80. The molecule has 0 aromatic heterocycles. The predicted molar refractivity (Wildman–Crippen MR) is 145 cm³/mol. The molecule has 190 valence electrons. The van der Waals surface area contributed by atoms with E-state index in [1.165, 1.54) is 12.1 Å². The van der Waals surface area contributed by atoms with E-state index in [2.05, 4.69) is 5.32 Å². The first-order valence-electron chi connectivity index (χ1n) is 11.8. The number of carbonyl (C=O) groups excluding carboxylic acids is 1. The Kier molecular flexibility index (Phi) is 8.10. The third kappa shape index (κ3) is 6.48. The van der Waals surface area contributed by atoms with E-state index in [9.17, 15) is 13.2 Å². The van der Waals surface area contributed by atoms with Crippen molar-refractivity contribution in [3.8, 4) is 17.2 Å². The summed E-state index contributed by atoms with van der Waals surface area (Å²) in [5.74, 6) is 1.11. The highest BCUT2D eigenvalue weighted by Crippen LogP contribution is 2.30. The Morgan fingerprint density at radius 1 is 0.811 bits per heavy atom. The highest BCUT2D eigenvalue weighted by atomic mass is 32.2. The van der Waals surface area contributed by atoms with Gasteiger partial charge in [-0.3, -0.25) is 9.10 Å². The molecule has 0 saturated heterocycles. The fourth-order valence-corrected chi connectivity index (χ4v) is 5.04. The van der Waals surface area contributed by atoms with Gasteiger partial charge in [0.2, 0.25) is 5.91 Å². The van der Waals surface area contributed by atoms with Crippen LogP contribution in [0.25, 0.3) is 0 Å². The highest BCUT2D eigenvalue weighted by Gasteiger charge is 2.27. The smallest absolute Gasteiger partial charge is 0.264 e. The molecule has 7 nitrogen and oxygen atoms in total. The highest BCUT2D eigenvalue weighted by molar-refractivity contribution is 7.92. The topological polar surface area (TPSA) is 84.9 Å². The SMILES string of the molecule is CCOc1ccc(S(=O)(=O)N(CC(=O)Nc2ccccc2Oc2ccccc2)c2ccc(C)cc2)cc1. The van der Waals surface area contributed by atoms with Crippen LogP contribution < -0.4 is 19.1 Å². The van der Waals surface area contributed by atoms with Crippen molar-refractivity contribution in [2.75, 3.05) is 22.8 Å². The van der Waals surface area contributed by atoms with Gasteiger partial charge < -0.3 is 14.8 Å². The fourth-order valence-electron chi connectivity index (χ4n) is 3.62. The molecule has 0 aliphatic heterocycles. The number of nitrogens with zero attached hydrogens (tertiary/aromatic N) is 1. The number of amides is 1. The van der Waals surface area contributed by atoms with Crippen LogP contribution in [0.15, 0.2) is 108 Å². The van der Waals surface area contributed by atoms with Crippen molar-refractivity contribution in [2.24, 2.45) is 0 Å². The minimum absolute atomic E-state index is 0.0529. The second-order valence-electron chi connectivity index (χ2n) is 8.21. The van der Waals surface area contributed by atoms with E-state index in [0.29, 0.717) is 35.2 Å². The van der Waals surface area contributed by atoms with Crippen LogP contribution in [0.1, 0.15) is 12.5 Å². The third-order valence-electron chi connectivity index (χ3n) is 5.46.